The molecule has 0 spiro atoms. The fourth-order valence-electron chi connectivity index (χ4n) is 2.67. The van der Waals surface area contributed by atoms with Crippen LogP contribution < -0.4 is 10.2 Å². The molecule has 1 aliphatic rings. The average Bonchev–Trinajstić information content (AvgIpc) is 2.85. The number of nitrogens with zero attached hydrogens (tertiary/aromatic N) is 1. The normalized spacial score (nSPS) is 19.5. The number of hydrogen-bond donors (Lipinski definition) is 1. The van der Waals surface area contributed by atoms with Gasteiger partial charge in [-0.3, -0.25) is 0 Å². The molecular formula is C15H24N2. The first kappa shape index (κ1) is 12.4. The molecule has 17 heavy (non-hydrogen) atoms. The predicted molar refractivity (Wildman–Crippen MR) is 74.7 cm³/mol. The molecular weight excluding hydrogens is 208 g/mol. The highest BCUT2D eigenvalue weighted by atomic mass is 15.1. The van der Waals surface area contributed by atoms with Gasteiger partial charge in [0, 0.05) is 18.8 Å². The van der Waals surface area contributed by atoms with E-state index in [4.69, 9.17) is 0 Å². The zero-order valence-corrected chi connectivity index (χ0v) is 11.1. The second kappa shape index (κ2) is 6.06. The van der Waals surface area contributed by atoms with Gasteiger partial charge in [-0.2, -0.15) is 0 Å². The third kappa shape index (κ3) is 3.22. The SMILES string of the molecule is CCN(CCC1CCNC1)c1ccccc1C. The highest BCUT2D eigenvalue weighted by molar-refractivity contribution is 5.52. The molecule has 1 saturated heterocycles. The van der Waals surface area contributed by atoms with Gasteiger partial charge in [-0.05, 0) is 57.3 Å². The van der Waals surface area contributed by atoms with Crippen LogP contribution in [0.3, 0.4) is 0 Å². The lowest BCUT2D eigenvalue weighted by atomic mass is 10.0. The van der Waals surface area contributed by atoms with Gasteiger partial charge in [0.05, 0.1) is 0 Å². The van der Waals surface area contributed by atoms with Crippen molar-refractivity contribution in [3.05, 3.63) is 29.8 Å². The van der Waals surface area contributed by atoms with Crippen molar-refractivity contribution in [2.45, 2.75) is 26.7 Å². The van der Waals surface area contributed by atoms with E-state index < -0.39 is 0 Å². The number of benzene rings is 1. The summed E-state index contributed by atoms with van der Waals surface area (Å²) in [5, 5.41) is 3.45. The first-order valence-electron chi connectivity index (χ1n) is 6.82. The van der Waals surface area contributed by atoms with E-state index in [1.54, 1.807) is 0 Å². The Bertz CT molecular complexity index is 343. The van der Waals surface area contributed by atoms with Crippen LogP contribution in [-0.2, 0) is 0 Å². The molecule has 1 aromatic carbocycles. The Balaban J connectivity index is 1.94. The topological polar surface area (TPSA) is 15.3 Å². The van der Waals surface area contributed by atoms with Crippen LogP contribution in [0, 0.1) is 12.8 Å². The molecule has 0 bridgehead atoms. The predicted octanol–water partition coefficient (Wildman–Crippen LogP) is 2.82. The summed E-state index contributed by atoms with van der Waals surface area (Å²) in [7, 11) is 0. The molecule has 1 heterocycles. The van der Waals surface area contributed by atoms with Crippen molar-refractivity contribution in [1.29, 1.82) is 0 Å². The van der Waals surface area contributed by atoms with Crippen LogP contribution in [0.4, 0.5) is 5.69 Å². The minimum Gasteiger partial charge on any atom is -0.372 e. The van der Waals surface area contributed by atoms with Crippen molar-refractivity contribution in [3.8, 4) is 0 Å². The number of hydrogen-bond acceptors (Lipinski definition) is 2. The van der Waals surface area contributed by atoms with Crippen molar-refractivity contribution in [2.75, 3.05) is 31.1 Å². The van der Waals surface area contributed by atoms with Gasteiger partial charge in [0.2, 0.25) is 0 Å². The van der Waals surface area contributed by atoms with E-state index >= 15 is 0 Å². The van der Waals surface area contributed by atoms with Gasteiger partial charge >= 0.3 is 0 Å². The highest BCUT2D eigenvalue weighted by Crippen LogP contribution is 2.21. The maximum Gasteiger partial charge on any atom is 0.0395 e. The van der Waals surface area contributed by atoms with Crippen molar-refractivity contribution >= 4 is 5.69 Å². The summed E-state index contributed by atoms with van der Waals surface area (Å²) in [6.45, 7) is 9.17. The van der Waals surface area contributed by atoms with Gasteiger partial charge < -0.3 is 10.2 Å². The third-order valence-corrected chi connectivity index (χ3v) is 3.81. The van der Waals surface area contributed by atoms with Gasteiger partial charge in [0.15, 0.2) is 0 Å². The number of rotatable bonds is 5. The maximum absolute atomic E-state index is 3.45. The van der Waals surface area contributed by atoms with Crippen LogP contribution >= 0.6 is 0 Å². The van der Waals surface area contributed by atoms with E-state index in [0.29, 0.717) is 0 Å². The highest BCUT2D eigenvalue weighted by Gasteiger charge is 2.15. The Morgan fingerprint density at radius 2 is 2.18 bits per heavy atom. The molecule has 1 unspecified atom stereocenters. The van der Waals surface area contributed by atoms with Gasteiger partial charge in [0.25, 0.3) is 0 Å². The van der Waals surface area contributed by atoms with Crippen molar-refractivity contribution in [3.63, 3.8) is 0 Å². The monoisotopic (exact) mass is 232 g/mol. The smallest absolute Gasteiger partial charge is 0.0395 e. The number of para-hydroxylation sites is 1. The van der Waals surface area contributed by atoms with Crippen LogP contribution in [-0.4, -0.2) is 26.2 Å². The van der Waals surface area contributed by atoms with Gasteiger partial charge in [-0.25, -0.2) is 0 Å². The summed E-state index contributed by atoms with van der Waals surface area (Å²) in [6.07, 6.45) is 2.67. The van der Waals surface area contributed by atoms with Gasteiger partial charge in [-0.15, -0.1) is 0 Å². The standard InChI is InChI=1S/C15H24N2/c1-3-17(11-9-14-8-10-16-12-14)15-7-5-4-6-13(15)2/h4-7,14,16H,3,8-12H2,1-2H3. The maximum atomic E-state index is 3.45. The quantitative estimate of drug-likeness (QED) is 0.840. The lowest BCUT2D eigenvalue weighted by molar-refractivity contribution is 0.528. The van der Waals surface area contributed by atoms with Crippen LogP contribution in [0.2, 0.25) is 0 Å². The van der Waals surface area contributed by atoms with Crippen LogP contribution in [0.25, 0.3) is 0 Å². The van der Waals surface area contributed by atoms with E-state index in [1.807, 2.05) is 0 Å². The lowest BCUT2D eigenvalue weighted by Gasteiger charge is -2.26. The van der Waals surface area contributed by atoms with E-state index in [1.165, 1.54) is 43.7 Å². The van der Waals surface area contributed by atoms with E-state index in [9.17, 15) is 0 Å². The average molecular weight is 232 g/mol. The number of anilines is 1. The van der Waals surface area contributed by atoms with Crippen molar-refractivity contribution in [1.82, 2.24) is 5.32 Å². The first-order chi connectivity index (χ1) is 8.31. The Kier molecular flexibility index (Phi) is 4.43. The minimum absolute atomic E-state index is 0.882. The largest absolute Gasteiger partial charge is 0.372 e. The van der Waals surface area contributed by atoms with Crippen LogP contribution in [0.15, 0.2) is 24.3 Å². The third-order valence-electron chi connectivity index (χ3n) is 3.81. The lowest BCUT2D eigenvalue weighted by Crippen LogP contribution is -2.26. The molecule has 0 aliphatic carbocycles. The van der Waals surface area contributed by atoms with Crippen LogP contribution in [0.1, 0.15) is 25.3 Å². The second-order valence-electron chi connectivity index (χ2n) is 5.01. The number of nitrogens with one attached hydrogen (secondary N) is 1. The molecule has 1 aromatic rings. The molecule has 0 amide bonds. The Hall–Kier alpha value is -1.02. The summed E-state index contributed by atoms with van der Waals surface area (Å²) in [5.74, 6) is 0.882. The molecule has 94 valence electrons. The fourth-order valence-corrected chi connectivity index (χ4v) is 2.67. The summed E-state index contributed by atoms with van der Waals surface area (Å²) in [6, 6.07) is 8.70. The first-order valence-corrected chi connectivity index (χ1v) is 6.82. The molecule has 1 fully saturated rings. The molecule has 1 atom stereocenters. The van der Waals surface area contributed by atoms with Crippen molar-refractivity contribution in [2.24, 2.45) is 5.92 Å². The number of aryl methyl sites for hydroxylation is 1. The minimum atomic E-state index is 0.882. The van der Waals surface area contributed by atoms with E-state index in [0.717, 1.165) is 12.5 Å². The fraction of sp³-hybridized carbons (Fsp3) is 0.600. The summed E-state index contributed by atoms with van der Waals surface area (Å²) >= 11 is 0. The zero-order valence-electron chi connectivity index (χ0n) is 11.1. The van der Waals surface area contributed by atoms with E-state index in [-0.39, 0.29) is 0 Å². The van der Waals surface area contributed by atoms with Gasteiger partial charge in [-0.1, -0.05) is 18.2 Å². The zero-order chi connectivity index (χ0) is 12.1. The molecule has 1 aliphatic heterocycles. The summed E-state index contributed by atoms with van der Waals surface area (Å²) < 4.78 is 0. The molecule has 0 radical (unpaired) electrons. The second-order valence-corrected chi connectivity index (χ2v) is 5.01. The molecule has 2 nitrogen and oxygen atoms in total. The molecule has 1 N–H and O–H groups in total. The van der Waals surface area contributed by atoms with Crippen molar-refractivity contribution < 1.29 is 0 Å². The molecule has 2 heteroatoms. The molecule has 0 saturated carbocycles. The van der Waals surface area contributed by atoms with E-state index in [2.05, 4.69) is 48.3 Å². The Morgan fingerprint density at radius 1 is 1.35 bits per heavy atom. The molecule has 0 aromatic heterocycles. The Morgan fingerprint density at radius 3 is 2.82 bits per heavy atom. The summed E-state index contributed by atoms with van der Waals surface area (Å²) in [4.78, 5) is 2.51. The van der Waals surface area contributed by atoms with Crippen LogP contribution in [0.5, 0.6) is 0 Å². The summed E-state index contributed by atoms with van der Waals surface area (Å²) in [5.41, 5.74) is 2.79. The molecule has 2 rings (SSSR count). The van der Waals surface area contributed by atoms with Gasteiger partial charge in [0.1, 0.15) is 0 Å². The Labute approximate surface area is 105 Å².